The molecule has 0 bridgehead atoms. The van der Waals surface area contributed by atoms with Crippen LogP contribution in [0.3, 0.4) is 0 Å². The van der Waals surface area contributed by atoms with Crippen LogP contribution in [0.4, 0.5) is 0 Å². The molecule has 1 saturated heterocycles. The maximum Gasteiger partial charge on any atom is 0.306 e. The molecule has 0 aliphatic carbocycles. The fraction of sp³-hybridized carbons (Fsp3) is 0.900. The molecule has 0 aromatic rings. The van der Waals surface area contributed by atoms with E-state index in [0.29, 0.717) is 6.42 Å². The van der Waals surface area contributed by atoms with Crippen LogP contribution < -0.4 is 0 Å². The lowest BCUT2D eigenvalue weighted by Gasteiger charge is -2.39. The summed E-state index contributed by atoms with van der Waals surface area (Å²) in [5.74, 6) is -0.812. The number of allylic oxidation sites excluding steroid dienone is 2. The van der Waals surface area contributed by atoms with Crippen molar-refractivity contribution in [3.63, 3.8) is 0 Å². The van der Waals surface area contributed by atoms with E-state index in [0.717, 1.165) is 57.8 Å². The lowest BCUT2D eigenvalue weighted by atomic mass is 9.99. The Kier molecular flexibility index (Phi) is 29.8. The maximum absolute atomic E-state index is 12.7. The fourth-order valence-corrected chi connectivity index (χ4v) is 6.12. The third-order valence-corrected chi connectivity index (χ3v) is 9.40. The predicted octanol–water partition coefficient (Wildman–Crippen LogP) is 7.61. The fourth-order valence-electron chi connectivity index (χ4n) is 6.12. The second-order valence-corrected chi connectivity index (χ2v) is 14.1. The van der Waals surface area contributed by atoms with E-state index in [4.69, 9.17) is 18.9 Å². The number of hydrogen-bond acceptors (Lipinski definition) is 10. The molecular weight excluding hydrogens is 640 g/mol. The Morgan fingerprint density at radius 2 is 1.06 bits per heavy atom. The molecule has 6 unspecified atom stereocenters. The van der Waals surface area contributed by atoms with Crippen LogP contribution in [0.15, 0.2) is 12.2 Å². The molecule has 294 valence electrons. The number of unbranched alkanes of at least 4 members (excludes halogenated alkanes) is 20. The van der Waals surface area contributed by atoms with Crippen molar-refractivity contribution in [3.8, 4) is 0 Å². The minimum Gasteiger partial charge on any atom is -0.462 e. The second-order valence-electron chi connectivity index (χ2n) is 14.1. The van der Waals surface area contributed by atoms with Gasteiger partial charge in [0.2, 0.25) is 0 Å². The molecule has 1 aliphatic heterocycles. The van der Waals surface area contributed by atoms with Gasteiger partial charge in [-0.15, -0.1) is 0 Å². The summed E-state index contributed by atoms with van der Waals surface area (Å²) < 4.78 is 22.1. The molecule has 1 rings (SSSR count). The van der Waals surface area contributed by atoms with Crippen molar-refractivity contribution in [3.05, 3.63) is 12.2 Å². The van der Waals surface area contributed by atoms with E-state index in [1.54, 1.807) is 0 Å². The monoisotopic (exact) mass is 715 g/mol. The Bertz CT molecular complexity index is 835. The Hall–Kier alpha value is -1.56. The maximum atomic E-state index is 12.7. The van der Waals surface area contributed by atoms with Crippen LogP contribution in [-0.2, 0) is 28.5 Å². The summed E-state index contributed by atoms with van der Waals surface area (Å²) in [6.45, 7) is 3.38. The second kappa shape index (κ2) is 32.1. The van der Waals surface area contributed by atoms with Gasteiger partial charge in [-0.1, -0.05) is 135 Å². The van der Waals surface area contributed by atoms with Gasteiger partial charge in [0.1, 0.15) is 31.0 Å². The van der Waals surface area contributed by atoms with E-state index >= 15 is 0 Å². The Morgan fingerprint density at radius 1 is 0.600 bits per heavy atom. The highest BCUT2D eigenvalue weighted by molar-refractivity contribution is 5.70. The number of aliphatic hydroxyl groups excluding tert-OH is 4. The van der Waals surface area contributed by atoms with Gasteiger partial charge in [0, 0.05) is 12.8 Å². The molecule has 6 atom stereocenters. The van der Waals surface area contributed by atoms with Crippen LogP contribution in [0, 0.1) is 0 Å². The standard InChI is InChI=1S/C40H74O10/c1-3-5-7-9-11-13-15-17-19-20-22-24-26-28-35(42)47-31-33(32-48-40-39(46)38(45)37(44)34(30-41)50-40)49-36(43)29-27-25-23-21-18-16-14-12-10-8-6-4-2/h12,14,33-34,37-41,44-46H,3-11,13,15-32H2,1-2H3/b14-12-. The van der Waals surface area contributed by atoms with E-state index in [1.807, 2.05) is 0 Å². The van der Waals surface area contributed by atoms with Crippen LogP contribution in [0.5, 0.6) is 0 Å². The number of esters is 2. The smallest absolute Gasteiger partial charge is 0.306 e. The minimum absolute atomic E-state index is 0.216. The van der Waals surface area contributed by atoms with Crippen molar-refractivity contribution in [2.75, 3.05) is 19.8 Å². The molecule has 1 fully saturated rings. The SMILES string of the molecule is CCCCC/C=C\CCCCCCCC(=O)OC(COC(=O)CCCCCCCCCCCCCCC)COC1OC(CO)C(O)C(O)C1O. The minimum atomic E-state index is -1.59. The number of carbonyl (C=O) groups is 2. The summed E-state index contributed by atoms with van der Waals surface area (Å²) in [4.78, 5) is 25.2. The van der Waals surface area contributed by atoms with Crippen LogP contribution in [0.2, 0.25) is 0 Å². The van der Waals surface area contributed by atoms with E-state index in [1.165, 1.54) is 83.5 Å². The zero-order valence-corrected chi connectivity index (χ0v) is 31.7. The number of carbonyl (C=O) groups excluding carboxylic acids is 2. The molecule has 0 radical (unpaired) electrons. The molecular formula is C40H74O10. The first kappa shape index (κ1) is 46.5. The normalized spacial score (nSPS) is 21.4. The molecule has 10 heteroatoms. The molecule has 1 aliphatic rings. The third kappa shape index (κ3) is 23.8. The number of ether oxygens (including phenoxy) is 4. The van der Waals surface area contributed by atoms with Gasteiger partial charge >= 0.3 is 11.9 Å². The van der Waals surface area contributed by atoms with Gasteiger partial charge in [0.15, 0.2) is 12.4 Å². The first-order valence-electron chi connectivity index (χ1n) is 20.3. The Labute approximate surface area is 303 Å². The predicted molar refractivity (Wildman–Crippen MR) is 196 cm³/mol. The molecule has 0 aromatic carbocycles. The zero-order valence-electron chi connectivity index (χ0n) is 31.7. The highest BCUT2D eigenvalue weighted by Crippen LogP contribution is 2.22. The van der Waals surface area contributed by atoms with E-state index in [2.05, 4.69) is 26.0 Å². The summed E-state index contributed by atoms with van der Waals surface area (Å²) in [6, 6.07) is 0. The number of aliphatic hydroxyl groups is 4. The molecule has 4 N–H and O–H groups in total. The molecule has 0 saturated carbocycles. The van der Waals surface area contributed by atoms with E-state index in [-0.39, 0.29) is 32.0 Å². The quantitative estimate of drug-likeness (QED) is 0.0304. The lowest BCUT2D eigenvalue weighted by Crippen LogP contribution is -2.59. The van der Waals surface area contributed by atoms with Crippen molar-refractivity contribution in [2.24, 2.45) is 0 Å². The van der Waals surface area contributed by atoms with Gasteiger partial charge < -0.3 is 39.4 Å². The molecule has 0 spiro atoms. The van der Waals surface area contributed by atoms with Crippen LogP contribution in [0.1, 0.15) is 174 Å². The van der Waals surface area contributed by atoms with E-state index in [9.17, 15) is 30.0 Å². The van der Waals surface area contributed by atoms with E-state index < -0.39 is 49.4 Å². The number of rotatable bonds is 33. The summed E-state index contributed by atoms with van der Waals surface area (Å²) >= 11 is 0. The van der Waals surface area contributed by atoms with Crippen molar-refractivity contribution in [2.45, 2.75) is 211 Å². The van der Waals surface area contributed by atoms with Gasteiger partial charge in [0.25, 0.3) is 0 Å². The lowest BCUT2D eigenvalue weighted by molar-refractivity contribution is -0.305. The molecule has 50 heavy (non-hydrogen) atoms. The highest BCUT2D eigenvalue weighted by Gasteiger charge is 2.44. The summed E-state index contributed by atoms with van der Waals surface area (Å²) in [6.07, 6.45) is 23.6. The highest BCUT2D eigenvalue weighted by atomic mass is 16.7. The number of hydrogen-bond donors (Lipinski definition) is 4. The molecule has 0 amide bonds. The zero-order chi connectivity index (χ0) is 36.7. The van der Waals surface area contributed by atoms with Crippen molar-refractivity contribution >= 4 is 11.9 Å². The molecule has 1 heterocycles. The van der Waals surface area contributed by atoms with Crippen molar-refractivity contribution in [1.29, 1.82) is 0 Å². The Balaban J connectivity index is 2.38. The third-order valence-electron chi connectivity index (χ3n) is 9.40. The average Bonchev–Trinajstić information content (AvgIpc) is 3.11. The Morgan fingerprint density at radius 3 is 1.60 bits per heavy atom. The average molecular weight is 715 g/mol. The summed E-state index contributed by atoms with van der Waals surface area (Å²) in [5.41, 5.74) is 0. The summed E-state index contributed by atoms with van der Waals surface area (Å²) in [5, 5.41) is 39.9. The van der Waals surface area contributed by atoms with Crippen LogP contribution >= 0.6 is 0 Å². The van der Waals surface area contributed by atoms with Crippen LogP contribution in [0.25, 0.3) is 0 Å². The van der Waals surface area contributed by atoms with Gasteiger partial charge in [-0.25, -0.2) is 0 Å². The first-order valence-corrected chi connectivity index (χ1v) is 20.3. The van der Waals surface area contributed by atoms with Gasteiger partial charge in [-0.2, -0.15) is 0 Å². The summed E-state index contributed by atoms with van der Waals surface area (Å²) in [7, 11) is 0. The van der Waals surface area contributed by atoms with Crippen LogP contribution in [-0.4, -0.2) is 89.0 Å². The molecule has 10 nitrogen and oxygen atoms in total. The van der Waals surface area contributed by atoms with Crippen molar-refractivity contribution in [1.82, 2.24) is 0 Å². The topological polar surface area (TPSA) is 152 Å². The van der Waals surface area contributed by atoms with Gasteiger partial charge in [0.05, 0.1) is 13.2 Å². The molecule has 0 aromatic heterocycles. The van der Waals surface area contributed by atoms with Crippen molar-refractivity contribution < 1.29 is 49.0 Å². The van der Waals surface area contributed by atoms with Gasteiger partial charge in [-0.3, -0.25) is 9.59 Å². The first-order chi connectivity index (χ1) is 24.3. The van der Waals surface area contributed by atoms with Gasteiger partial charge in [-0.05, 0) is 38.5 Å². The largest absolute Gasteiger partial charge is 0.462 e.